The lowest BCUT2D eigenvalue weighted by molar-refractivity contribution is -0.136. The van der Waals surface area contributed by atoms with Crippen LogP contribution in [0.4, 0.5) is 0 Å². The van der Waals surface area contributed by atoms with Gasteiger partial charge in [-0.3, -0.25) is 9.59 Å². The first-order valence-electron chi connectivity index (χ1n) is 5.06. The maximum absolute atomic E-state index is 11.5. The second-order valence-corrected chi connectivity index (χ2v) is 5.09. The molecule has 2 bridgehead atoms. The van der Waals surface area contributed by atoms with Gasteiger partial charge in [-0.15, -0.1) is 0 Å². The first kappa shape index (κ1) is 8.92. The molecule has 13 heavy (non-hydrogen) atoms. The number of hydrogen-bond acceptors (Lipinski definition) is 2. The van der Waals surface area contributed by atoms with Gasteiger partial charge in [0.1, 0.15) is 0 Å². The Labute approximate surface area is 78.7 Å². The molecule has 0 radical (unpaired) electrons. The van der Waals surface area contributed by atoms with Gasteiger partial charge in [0.05, 0.1) is 0 Å². The molecule has 0 aromatic heterocycles. The summed E-state index contributed by atoms with van der Waals surface area (Å²) < 4.78 is 0. The molecule has 2 nitrogen and oxygen atoms in total. The van der Waals surface area contributed by atoms with E-state index in [0.717, 1.165) is 12.8 Å². The molecule has 0 heterocycles. The summed E-state index contributed by atoms with van der Waals surface area (Å²) in [5.41, 5.74) is 0.0703. The number of carbonyl (C=O) groups is 2. The molecule has 0 aromatic rings. The molecule has 2 aliphatic carbocycles. The minimum atomic E-state index is -0.169. The second-order valence-electron chi connectivity index (χ2n) is 5.09. The van der Waals surface area contributed by atoms with Crippen LogP contribution < -0.4 is 0 Å². The van der Waals surface area contributed by atoms with Crippen molar-refractivity contribution in [2.45, 2.75) is 33.1 Å². The fraction of sp³-hybridized carbons (Fsp3) is 0.818. The van der Waals surface area contributed by atoms with E-state index in [9.17, 15) is 9.59 Å². The monoisotopic (exact) mass is 180 g/mol. The predicted molar refractivity (Wildman–Crippen MR) is 49.2 cm³/mol. The fourth-order valence-electron chi connectivity index (χ4n) is 3.53. The summed E-state index contributed by atoms with van der Waals surface area (Å²) in [6, 6.07) is 0. The van der Waals surface area contributed by atoms with Crippen molar-refractivity contribution in [3.63, 3.8) is 0 Å². The van der Waals surface area contributed by atoms with Gasteiger partial charge in [-0.2, -0.15) is 0 Å². The Morgan fingerprint density at radius 1 is 1.38 bits per heavy atom. The number of ketones is 1. The van der Waals surface area contributed by atoms with Crippen LogP contribution in [0.2, 0.25) is 0 Å². The highest BCUT2D eigenvalue weighted by Crippen LogP contribution is 2.59. The van der Waals surface area contributed by atoms with Crippen molar-refractivity contribution in [3.8, 4) is 0 Å². The van der Waals surface area contributed by atoms with Gasteiger partial charge in [0.2, 0.25) is 0 Å². The van der Waals surface area contributed by atoms with Crippen LogP contribution in [-0.2, 0) is 9.59 Å². The third kappa shape index (κ3) is 1.07. The topological polar surface area (TPSA) is 34.1 Å². The molecular formula is C11H16O2. The number of aldehydes is 1. The van der Waals surface area contributed by atoms with E-state index in [1.807, 2.05) is 0 Å². The normalized spacial score (nSPS) is 40.6. The van der Waals surface area contributed by atoms with E-state index in [2.05, 4.69) is 13.8 Å². The Morgan fingerprint density at radius 3 is 2.54 bits per heavy atom. The maximum atomic E-state index is 11.5. The van der Waals surface area contributed by atoms with Crippen LogP contribution in [0.1, 0.15) is 33.1 Å². The van der Waals surface area contributed by atoms with Crippen LogP contribution in [0.5, 0.6) is 0 Å². The van der Waals surface area contributed by atoms with Gasteiger partial charge in [0, 0.05) is 5.92 Å². The van der Waals surface area contributed by atoms with Crippen molar-refractivity contribution in [1.82, 2.24) is 0 Å². The van der Waals surface area contributed by atoms with Gasteiger partial charge in [-0.05, 0) is 36.5 Å². The molecule has 72 valence electrons. The molecular weight excluding hydrogens is 164 g/mol. The minimum absolute atomic E-state index is 0.0174. The summed E-state index contributed by atoms with van der Waals surface area (Å²) in [4.78, 5) is 22.0. The van der Waals surface area contributed by atoms with E-state index < -0.39 is 0 Å². The summed E-state index contributed by atoms with van der Waals surface area (Å²) in [6.45, 7) is 4.28. The summed E-state index contributed by atoms with van der Waals surface area (Å²) in [5, 5.41) is 0. The molecule has 2 fully saturated rings. The van der Waals surface area contributed by atoms with Crippen LogP contribution >= 0.6 is 0 Å². The third-order valence-corrected chi connectivity index (χ3v) is 4.22. The average molecular weight is 180 g/mol. The molecule has 0 aliphatic heterocycles. The molecule has 2 heteroatoms. The van der Waals surface area contributed by atoms with E-state index in [-0.39, 0.29) is 17.1 Å². The molecule has 0 aromatic carbocycles. The molecule has 2 aliphatic rings. The van der Waals surface area contributed by atoms with Gasteiger partial charge in [-0.1, -0.05) is 13.8 Å². The first-order valence-corrected chi connectivity index (χ1v) is 5.06. The van der Waals surface area contributed by atoms with E-state index >= 15 is 0 Å². The van der Waals surface area contributed by atoms with Crippen molar-refractivity contribution in [2.24, 2.45) is 23.2 Å². The van der Waals surface area contributed by atoms with Crippen LogP contribution in [-0.4, -0.2) is 12.1 Å². The quantitative estimate of drug-likeness (QED) is 0.480. The lowest BCUT2D eigenvalue weighted by atomic mass is 9.67. The van der Waals surface area contributed by atoms with E-state index in [0.29, 0.717) is 18.1 Å². The SMILES string of the molecule is CC1(C)[C@H]2CC[C@H](C2)[C@@H]1C(=O)C=O. The van der Waals surface area contributed by atoms with Crippen LogP contribution in [0.15, 0.2) is 0 Å². The summed E-state index contributed by atoms with van der Waals surface area (Å²) in [5.74, 6) is 1.02. The Balaban J connectivity index is 2.28. The highest BCUT2D eigenvalue weighted by atomic mass is 16.2. The van der Waals surface area contributed by atoms with E-state index in [1.54, 1.807) is 0 Å². The highest BCUT2D eigenvalue weighted by Gasteiger charge is 2.55. The number of Topliss-reactive ketones (excluding diaryl/α,β-unsaturated/α-hetero) is 1. The first-order chi connectivity index (χ1) is 6.07. The molecule has 3 atom stereocenters. The lowest BCUT2D eigenvalue weighted by Gasteiger charge is -2.36. The van der Waals surface area contributed by atoms with Crippen molar-refractivity contribution in [2.75, 3.05) is 0 Å². The number of hydrogen-bond donors (Lipinski definition) is 0. The Kier molecular flexibility index (Phi) is 1.83. The van der Waals surface area contributed by atoms with Crippen molar-refractivity contribution in [1.29, 1.82) is 0 Å². The lowest BCUT2D eigenvalue weighted by Crippen LogP contribution is -2.36. The zero-order chi connectivity index (χ0) is 9.64. The third-order valence-electron chi connectivity index (χ3n) is 4.22. The van der Waals surface area contributed by atoms with Crippen molar-refractivity contribution in [3.05, 3.63) is 0 Å². The molecule has 0 spiro atoms. The van der Waals surface area contributed by atoms with Crippen molar-refractivity contribution < 1.29 is 9.59 Å². The Morgan fingerprint density at radius 2 is 2.08 bits per heavy atom. The largest absolute Gasteiger partial charge is 0.295 e. The molecule has 2 rings (SSSR count). The van der Waals surface area contributed by atoms with Gasteiger partial charge in [0.15, 0.2) is 12.1 Å². The molecule has 2 saturated carbocycles. The standard InChI is InChI=1S/C11H16O2/c1-11(2)8-4-3-7(5-8)10(11)9(13)6-12/h6-8,10H,3-5H2,1-2H3/t7-,8+,10-/m1/s1. The number of carbonyl (C=O) groups excluding carboxylic acids is 2. The number of fused-ring (bicyclic) bond motifs is 2. The minimum Gasteiger partial charge on any atom is -0.295 e. The molecule has 0 N–H and O–H groups in total. The second kappa shape index (κ2) is 2.66. The molecule has 0 unspecified atom stereocenters. The maximum Gasteiger partial charge on any atom is 0.199 e. The smallest absolute Gasteiger partial charge is 0.199 e. The van der Waals surface area contributed by atoms with Crippen LogP contribution in [0.3, 0.4) is 0 Å². The van der Waals surface area contributed by atoms with Crippen LogP contribution in [0.25, 0.3) is 0 Å². The average Bonchev–Trinajstić information content (AvgIpc) is 2.60. The summed E-state index contributed by atoms with van der Waals surface area (Å²) in [6.07, 6.45) is 4.09. The highest BCUT2D eigenvalue weighted by molar-refractivity contribution is 6.26. The van der Waals surface area contributed by atoms with Gasteiger partial charge < -0.3 is 0 Å². The predicted octanol–water partition coefficient (Wildman–Crippen LogP) is 1.83. The molecule has 0 saturated heterocycles. The van der Waals surface area contributed by atoms with E-state index in [4.69, 9.17) is 0 Å². The van der Waals surface area contributed by atoms with E-state index in [1.165, 1.54) is 6.42 Å². The Hall–Kier alpha value is -0.660. The summed E-state index contributed by atoms with van der Waals surface area (Å²) in [7, 11) is 0. The zero-order valence-corrected chi connectivity index (χ0v) is 8.25. The fourth-order valence-corrected chi connectivity index (χ4v) is 3.53. The van der Waals surface area contributed by atoms with Gasteiger partial charge in [-0.25, -0.2) is 0 Å². The van der Waals surface area contributed by atoms with Crippen LogP contribution in [0, 0.1) is 23.2 Å². The van der Waals surface area contributed by atoms with Gasteiger partial charge >= 0.3 is 0 Å². The van der Waals surface area contributed by atoms with Gasteiger partial charge in [0.25, 0.3) is 0 Å². The zero-order valence-electron chi connectivity index (χ0n) is 8.25. The Bertz CT molecular complexity index is 255. The van der Waals surface area contributed by atoms with Crippen molar-refractivity contribution >= 4 is 12.1 Å². The summed E-state index contributed by atoms with van der Waals surface area (Å²) >= 11 is 0. The molecule has 0 amide bonds. The number of rotatable bonds is 2.